The largest absolute Gasteiger partial charge is 0.416 e. The van der Waals surface area contributed by atoms with Crippen molar-refractivity contribution < 1.29 is 22.8 Å². The summed E-state index contributed by atoms with van der Waals surface area (Å²) in [5.74, 6) is -1.06. The highest BCUT2D eigenvalue weighted by Gasteiger charge is 2.30. The van der Waals surface area contributed by atoms with E-state index in [1.807, 2.05) is 0 Å². The number of amides is 2. The van der Waals surface area contributed by atoms with Crippen molar-refractivity contribution in [3.8, 4) is 0 Å². The monoisotopic (exact) mass is 329 g/mol. The lowest BCUT2D eigenvalue weighted by molar-refractivity contribution is -0.137. The molecular weight excluding hydrogens is 311 g/mol. The zero-order valence-corrected chi connectivity index (χ0v) is 13.0. The van der Waals surface area contributed by atoms with E-state index in [0.29, 0.717) is 5.71 Å². The van der Waals surface area contributed by atoms with Crippen molar-refractivity contribution in [2.24, 2.45) is 11.0 Å². The van der Waals surface area contributed by atoms with Gasteiger partial charge in [0.15, 0.2) is 0 Å². The van der Waals surface area contributed by atoms with Gasteiger partial charge in [-0.1, -0.05) is 19.9 Å². The minimum Gasteiger partial charge on any atom is -0.326 e. The van der Waals surface area contributed by atoms with E-state index in [2.05, 4.69) is 15.8 Å². The minimum atomic E-state index is -4.47. The van der Waals surface area contributed by atoms with Gasteiger partial charge in [0, 0.05) is 17.3 Å². The first kappa shape index (κ1) is 18.7. The van der Waals surface area contributed by atoms with E-state index in [1.165, 1.54) is 19.1 Å². The maximum absolute atomic E-state index is 12.6. The van der Waals surface area contributed by atoms with E-state index < -0.39 is 17.6 Å². The molecule has 0 aliphatic heterocycles. The standard InChI is InChI=1S/C15H18F3N3O2/c1-9(2)14(23)21-20-10(3)7-13(22)19-12-6-4-5-11(8-12)15(16,17)18/h4-6,8-9H,7H2,1-3H3,(H,19,22)(H,21,23). The van der Waals surface area contributed by atoms with Crippen LogP contribution in [0.1, 0.15) is 32.8 Å². The van der Waals surface area contributed by atoms with E-state index in [-0.39, 0.29) is 23.9 Å². The Bertz CT molecular complexity index is 610. The fourth-order valence-corrected chi connectivity index (χ4v) is 1.53. The second-order valence-corrected chi connectivity index (χ2v) is 5.28. The number of halogens is 3. The Balaban J connectivity index is 2.63. The summed E-state index contributed by atoms with van der Waals surface area (Å²) in [5, 5.41) is 6.12. The Hall–Kier alpha value is -2.38. The molecule has 0 unspecified atom stereocenters. The van der Waals surface area contributed by atoms with Gasteiger partial charge in [-0.15, -0.1) is 0 Å². The molecule has 0 heterocycles. The smallest absolute Gasteiger partial charge is 0.326 e. The summed E-state index contributed by atoms with van der Waals surface area (Å²) in [4.78, 5) is 23.1. The normalized spacial score (nSPS) is 12.2. The third-order valence-electron chi connectivity index (χ3n) is 2.77. The summed E-state index contributed by atoms with van der Waals surface area (Å²) in [7, 11) is 0. The number of hydrazone groups is 1. The highest BCUT2D eigenvalue weighted by Crippen LogP contribution is 2.30. The third kappa shape index (κ3) is 6.50. The highest BCUT2D eigenvalue weighted by atomic mass is 19.4. The van der Waals surface area contributed by atoms with Crippen LogP contribution in [0.25, 0.3) is 0 Å². The summed E-state index contributed by atoms with van der Waals surface area (Å²) in [5.41, 5.74) is 1.84. The van der Waals surface area contributed by atoms with E-state index in [1.54, 1.807) is 13.8 Å². The maximum Gasteiger partial charge on any atom is 0.416 e. The highest BCUT2D eigenvalue weighted by molar-refractivity contribution is 6.05. The average Bonchev–Trinajstić information content (AvgIpc) is 2.43. The van der Waals surface area contributed by atoms with Gasteiger partial charge >= 0.3 is 6.18 Å². The topological polar surface area (TPSA) is 70.6 Å². The molecule has 8 heteroatoms. The molecule has 0 fully saturated rings. The number of carbonyl (C=O) groups excluding carboxylic acids is 2. The number of hydrogen-bond donors (Lipinski definition) is 2. The van der Waals surface area contributed by atoms with Crippen LogP contribution in [0.4, 0.5) is 18.9 Å². The van der Waals surface area contributed by atoms with Crippen molar-refractivity contribution >= 4 is 23.2 Å². The predicted molar refractivity (Wildman–Crippen MR) is 80.8 cm³/mol. The lowest BCUT2D eigenvalue weighted by atomic mass is 10.2. The summed E-state index contributed by atoms with van der Waals surface area (Å²) in [6, 6.07) is 4.34. The van der Waals surface area contributed by atoms with Crippen molar-refractivity contribution in [1.29, 1.82) is 0 Å². The molecule has 2 amide bonds. The molecule has 0 aliphatic carbocycles. The first-order chi connectivity index (χ1) is 10.6. The number of benzene rings is 1. The second kappa shape index (κ2) is 7.75. The summed E-state index contributed by atoms with van der Waals surface area (Å²) >= 11 is 0. The van der Waals surface area contributed by atoms with Crippen LogP contribution in [0.5, 0.6) is 0 Å². The number of rotatable bonds is 5. The van der Waals surface area contributed by atoms with Crippen LogP contribution < -0.4 is 10.7 Å². The van der Waals surface area contributed by atoms with Crippen molar-refractivity contribution in [3.63, 3.8) is 0 Å². The molecule has 0 aromatic heterocycles. The molecule has 0 bridgehead atoms. The summed E-state index contributed by atoms with van der Waals surface area (Å²) in [6.45, 7) is 4.92. The molecule has 0 atom stereocenters. The fourth-order valence-electron chi connectivity index (χ4n) is 1.53. The Morgan fingerprint density at radius 2 is 1.91 bits per heavy atom. The molecule has 0 saturated heterocycles. The van der Waals surface area contributed by atoms with E-state index >= 15 is 0 Å². The molecule has 0 aliphatic rings. The van der Waals surface area contributed by atoms with Crippen LogP contribution in [0.2, 0.25) is 0 Å². The number of nitrogens with one attached hydrogen (secondary N) is 2. The fraction of sp³-hybridized carbons (Fsp3) is 0.400. The van der Waals surface area contributed by atoms with Gasteiger partial charge in [0.1, 0.15) is 0 Å². The van der Waals surface area contributed by atoms with Gasteiger partial charge in [-0.05, 0) is 25.1 Å². The van der Waals surface area contributed by atoms with Crippen LogP contribution >= 0.6 is 0 Å². The second-order valence-electron chi connectivity index (χ2n) is 5.28. The molecule has 2 N–H and O–H groups in total. The van der Waals surface area contributed by atoms with Gasteiger partial charge in [0.25, 0.3) is 0 Å². The molecule has 0 radical (unpaired) electrons. The molecule has 0 spiro atoms. The minimum absolute atomic E-state index is 0.0452. The number of carbonyl (C=O) groups is 2. The van der Waals surface area contributed by atoms with E-state index in [0.717, 1.165) is 12.1 Å². The first-order valence-corrected chi connectivity index (χ1v) is 6.89. The van der Waals surface area contributed by atoms with Crippen molar-refractivity contribution in [1.82, 2.24) is 5.43 Å². The molecule has 1 aromatic carbocycles. The lowest BCUT2D eigenvalue weighted by Gasteiger charge is -2.10. The molecule has 0 saturated carbocycles. The number of hydrogen-bond acceptors (Lipinski definition) is 3. The van der Waals surface area contributed by atoms with Gasteiger partial charge in [0.05, 0.1) is 12.0 Å². The Morgan fingerprint density at radius 1 is 1.26 bits per heavy atom. The first-order valence-electron chi connectivity index (χ1n) is 6.89. The van der Waals surface area contributed by atoms with Crippen LogP contribution in [-0.2, 0) is 15.8 Å². The molecule has 5 nitrogen and oxygen atoms in total. The Labute approximate surface area is 132 Å². The van der Waals surface area contributed by atoms with Crippen molar-refractivity contribution in [2.45, 2.75) is 33.4 Å². The predicted octanol–water partition coefficient (Wildman–Crippen LogP) is 3.18. The molecule has 1 rings (SSSR count). The number of anilines is 1. The van der Waals surface area contributed by atoms with Crippen LogP contribution in [0.15, 0.2) is 29.4 Å². The van der Waals surface area contributed by atoms with Crippen molar-refractivity contribution in [2.75, 3.05) is 5.32 Å². The van der Waals surface area contributed by atoms with Gasteiger partial charge in [0.2, 0.25) is 11.8 Å². The zero-order valence-electron chi connectivity index (χ0n) is 13.0. The van der Waals surface area contributed by atoms with E-state index in [9.17, 15) is 22.8 Å². The van der Waals surface area contributed by atoms with Crippen molar-refractivity contribution in [3.05, 3.63) is 29.8 Å². The SMILES string of the molecule is CC(CC(=O)Nc1cccc(C(F)(F)F)c1)=NNC(=O)C(C)C. The molecular formula is C15H18F3N3O2. The summed E-state index contributed by atoms with van der Waals surface area (Å²) in [6.07, 6.45) is -4.62. The van der Waals surface area contributed by atoms with E-state index in [4.69, 9.17) is 0 Å². The lowest BCUT2D eigenvalue weighted by Crippen LogP contribution is -2.25. The van der Waals surface area contributed by atoms with Gasteiger partial charge in [-0.25, -0.2) is 5.43 Å². The molecule has 126 valence electrons. The van der Waals surface area contributed by atoms with Crippen LogP contribution in [0, 0.1) is 5.92 Å². The number of alkyl halides is 3. The Morgan fingerprint density at radius 3 is 2.48 bits per heavy atom. The summed E-state index contributed by atoms with van der Waals surface area (Å²) < 4.78 is 37.8. The molecule has 23 heavy (non-hydrogen) atoms. The van der Waals surface area contributed by atoms with Gasteiger partial charge in [-0.3, -0.25) is 9.59 Å². The van der Waals surface area contributed by atoms with Gasteiger partial charge < -0.3 is 5.32 Å². The third-order valence-corrected chi connectivity index (χ3v) is 2.77. The van der Waals surface area contributed by atoms with Crippen LogP contribution in [-0.4, -0.2) is 17.5 Å². The molecule has 1 aromatic rings. The average molecular weight is 329 g/mol. The maximum atomic E-state index is 12.6. The van der Waals surface area contributed by atoms with Gasteiger partial charge in [-0.2, -0.15) is 18.3 Å². The Kier molecular flexibility index (Phi) is 6.29. The quantitative estimate of drug-likeness (QED) is 0.643. The van der Waals surface area contributed by atoms with Crippen LogP contribution in [0.3, 0.4) is 0 Å². The number of nitrogens with zero attached hydrogens (tertiary/aromatic N) is 1. The zero-order chi connectivity index (χ0) is 17.6.